The van der Waals surface area contributed by atoms with Crippen molar-refractivity contribution >= 4 is 11.6 Å². The molecule has 0 saturated heterocycles. The van der Waals surface area contributed by atoms with Crippen molar-refractivity contribution in [3.63, 3.8) is 0 Å². The highest BCUT2D eigenvalue weighted by Gasteiger charge is 2.26. The summed E-state index contributed by atoms with van der Waals surface area (Å²) >= 11 is 5.93. The average Bonchev–Trinajstić information content (AvgIpc) is 2.45. The van der Waals surface area contributed by atoms with Crippen LogP contribution in [-0.4, -0.2) is 0 Å². The lowest BCUT2D eigenvalue weighted by Gasteiger charge is -2.31. The number of fused-ring (bicyclic) bond motifs is 1. The Bertz CT molecular complexity index is 562. The van der Waals surface area contributed by atoms with E-state index in [0.717, 1.165) is 17.9 Å². The topological polar surface area (TPSA) is 26.0 Å². The van der Waals surface area contributed by atoms with E-state index in [1.807, 2.05) is 12.1 Å². The number of aryl methyl sites for hydroxylation is 1. The third kappa shape index (κ3) is 2.68. The van der Waals surface area contributed by atoms with E-state index in [0.29, 0.717) is 5.92 Å². The molecular formula is C17H18ClN. The molecular weight excluding hydrogens is 254 g/mol. The molecule has 0 spiro atoms. The zero-order valence-electron chi connectivity index (χ0n) is 10.9. The van der Waals surface area contributed by atoms with Gasteiger partial charge in [-0.25, -0.2) is 0 Å². The van der Waals surface area contributed by atoms with Crippen molar-refractivity contribution in [3.05, 3.63) is 70.2 Å². The largest absolute Gasteiger partial charge is 0.324 e. The monoisotopic (exact) mass is 271 g/mol. The number of benzene rings is 2. The van der Waals surface area contributed by atoms with Gasteiger partial charge in [0.05, 0.1) is 0 Å². The van der Waals surface area contributed by atoms with Crippen LogP contribution in [0.25, 0.3) is 0 Å². The second kappa shape index (κ2) is 5.36. The predicted octanol–water partition coefficient (Wildman–Crippen LogP) is 4.14. The summed E-state index contributed by atoms with van der Waals surface area (Å²) in [5.41, 5.74) is 10.5. The predicted molar refractivity (Wildman–Crippen MR) is 80.3 cm³/mol. The Morgan fingerprint density at radius 3 is 2.58 bits per heavy atom. The van der Waals surface area contributed by atoms with Gasteiger partial charge in [0.15, 0.2) is 0 Å². The molecule has 0 radical (unpaired) electrons. The zero-order valence-corrected chi connectivity index (χ0v) is 11.6. The van der Waals surface area contributed by atoms with Gasteiger partial charge in [-0.3, -0.25) is 0 Å². The molecule has 2 N–H and O–H groups in total. The lowest BCUT2D eigenvalue weighted by Crippen LogP contribution is -2.28. The van der Waals surface area contributed by atoms with Crippen LogP contribution in [0.2, 0.25) is 5.02 Å². The molecule has 1 nitrogen and oxygen atoms in total. The summed E-state index contributed by atoms with van der Waals surface area (Å²) in [7, 11) is 0. The highest BCUT2D eigenvalue weighted by molar-refractivity contribution is 6.30. The van der Waals surface area contributed by atoms with Gasteiger partial charge in [0.1, 0.15) is 0 Å². The fourth-order valence-corrected chi connectivity index (χ4v) is 3.14. The molecule has 0 saturated carbocycles. The van der Waals surface area contributed by atoms with Crippen molar-refractivity contribution < 1.29 is 0 Å². The zero-order chi connectivity index (χ0) is 13.2. The second-order valence-electron chi connectivity index (χ2n) is 5.35. The van der Waals surface area contributed by atoms with Gasteiger partial charge >= 0.3 is 0 Å². The SMILES string of the molecule is NC1c2ccccc2CCC1Cc1ccc(Cl)cc1. The van der Waals surface area contributed by atoms with Crippen LogP contribution in [0.3, 0.4) is 0 Å². The minimum Gasteiger partial charge on any atom is -0.324 e. The van der Waals surface area contributed by atoms with Gasteiger partial charge in [-0.2, -0.15) is 0 Å². The Hall–Kier alpha value is -1.31. The molecule has 2 heteroatoms. The molecule has 2 aromatic rings. The van der Waals surface area contributed by atoms with E-state index >= 15 is 0 Å². The van der Waals surface area contributed by atoms with Crippen LogP contribution in [0, 0.1) is 5.92 Å². The summed E-state index contributed by atoms with van der Waals surface area (Å²) < 4.78 is 0. The summed E-state index contributed by atoms with van der Waals surface area (Å²) in [5, 5.41) is 0.794. The van der Waals surface area contributed by atoms with Crippen molar-refractivity contribution in [2.45, 2.75) is 25.3 Å². The Morgan fingerprint density at radius 2 is 1.79 bits per heavy atom. The molecule has 19 heavy (non-hydrogen) atoms. The van der Waals surface area contributed by atoms with Crippen molar-refractivity contribution in [2.24, 2.45) is 11.7 Å². The molecule has 2 unspecified atom stereocenters. The van der Waals surface area contributed by atoms with Gasteiger partial charge < -0.3 is 5.73 Å². The maximum Gasteiger partial charge on any atom is 0.0406 e. The second-order valence-corrected chi connectivity index (χ2v) is 5.79. The fourth-order valence-electron chi connectivity index (χ4n) is 3.01. The summed E-state index contributed by atoms with van der Waals surface area (Å²) in [4.78, 5) is 0. The number of hydrogen-bond donors (Lipinski definition) is 1. The molecule has 0 aromatic heterocycles. The van der Waals surface area contributed by atoms with E-state index in [1.54, 1.807) is 0 Å². The molecule has 0 heterocycles. The highest BCUT2D eigenvalue weighted by Crippen LogP contribution is 2.34. The lowest BCUT2D eigenvalue weighted by atomic mass is 9.77. The molecule has 0 amide bonds. The average molecular weight is 272 g/mol. The number of halogens is 1. The van der Waals surface area contributed by atoms with Crippen LogP contribution >= 0.6 is 11.6 Å². The van der Waals surface area contributed by atoms with Gasteiger partial charge in [0.2, 0.25) is 0 Å². The Balaban J connectivity index is 1.79. The van der Waals surface area contributed by atoms with Gasteiger partial charge in [-0.1, -0.05) is 48.0 Å². The van der Waals surface area contributed by atoms with Crippen molar-refractivity contribution in [3.8, 4) is 0 Å². The highest BCUT2D eigenvalue weighted by atomic mass is 35.5. The van der Waals surface area contributed by atoms with Gasteiger partial charge in [0.25, 0.3) is 0 Å². The summed E-state index contributed by atoms with van der Waals surface area (Å²) in [6.45, 7) is 0. The van der Waals surface area contributed by atoms with Crippen LogP contribution in [0.1, 0.15) is 29.2 Å². The Kier molecular flexibility index (Phi) is 3.58. The number of hydrogen-bond acceptors (Lipinski definition) is 1. The third-order valence-electron chi connectivity index (χ3n) is 4.12. The quantitative estimate of drug-likeness (QED) is 0.873. The Labute approximate surface area is 119 Å². The number of rotatable bonds is 2. The molecule has 1 aliphatic rings. The summed E-state index contributed by atoms with van der Waals surface area (Å²) in [5.74, 6) is 0.524. The first-order valence-electron chi connectivity index (χ1n) is 6.82. The van der Waals surface area contributed by atoms with E-state index in [1.165, 1.54) is 23.1 Å². The first-order chi connectivity index (χ1) is 9.24. The number of nitrogens with two attached hydrogens (primary N) is 1. The van der Waals surface area contributed by atoms with Crippen LogP contribution in [-0.2, 0) is 12.8 Å². The van der Waals surface area contributed by atoms with Crippen molar-refractivity contribution in [1.82, 2.24) is 0 Å². The normalized spacial score (nSPS) is 22.0. The minimum absolute atomic E-state index is 0.153. The molecule has 0 fully saturated rings. The molecule has 2 atom stereocenters. The van der Waals surface area contributed by atoms with Crippen LogP contribution in [0.4, 0.5) is 0 Å². The van der Waals surface area contributed by atoms with Gasteiger partial charge in [0, 0.05) is 11.1 Å². The van der Waals surface area contributed by atoms with E-state index in [4.69, 9.17) is 17.3 Å². The summed E-state index contributed by atoms with van der Waals surface area (Å²) in [6, 6.07) is 16.8. The maximum atomic E-state index is 6.44. The third-order valence-corrected chi connectivity index (χ3v) is 4.37. The summed E-state index contributed by atoms with van der Waals surface area (Å²) in [6.07, 6.45) is 3.34. The van der Waals surface area contributed by atoms with E-state index in [2.05, 4.69) is 36.4 Å². The fraction of sp³-hybridized carbons (Fsp3) is 0.294. The van der Waals surface area contributed by atoms with E-state index < -0.39 is 0 Å². The molecule has 2 aromatic carbocycles. The molecule has 0 aliphatic heterocycles. The van der Waals surface area contributed by atoms with E-state index in [9.17, 15) is 0 Å². The van der Waals surface area contributed by atoms with Crippen molar-refractivity contribution in [2.75, 3.05) is 0 Å². The molecule has 0 bridgehead atoms. The maximum absolute atomic E-state index is 6.44. The lowest BCUT2D eigenvalue weighted by molar-refractivity contribution is 0.376. The molecule has 3 rings (SSSR count). The first kappa shape index (κ1) is 12.7. The van der Waals surface area contributed by atoms with Crippen LogP contribution in [0.5, 0.6) is 0 Å². The van der Waals surface area contributed by atoms with Crippen LogP contribution < -0.4 is 5.73 Å². The van der Waals surface area contributed by atoms with Gasteiger partial charge in [-0.05, 0) is 54.0 Å². The first-order valence-corrected chi connectivity index (χ1v) is 7.19. The molecule has 1 aliphatic carbocycles. The standard InChI is InChI=1S/C17H18ClN/c18-15-9-5-12(6-10-15)11-14-8-7-13-3-1-2-4-16(13)17(14)19/h1-6,9-10,14,17H,7-8,11,19H2. The Morgan fingerprint density at radius 1 is 1.05 bits per heavy atom. The van der Waals surface area contributed by atoms with Crippen molar-refractivity contribution in [1.29, 1.82) is 0 Å². The molecule has 98 valence electrons. The van der Waals surface area contributed by atoms with Gasteiger partial charge in [-0.15, -0.1) is 0 Å². The van der Waals surface area contributed by atoms with E-state index in [-0.39, 0.29) is 6.04 Å². The minimum atomic E-state index is 0.153. The van der Waals surface area contributed by atoms with Crippen LogP contribution in [0.15, 0.2) is 48.5 Å². The smallest absolute Gasteiger partial charge is 0.0406 e.